The van der Waals surface area contributed by atoms with Crippen LogP contribution in [0.2, 0.25) is 10.0 Å². The number of hydrogen-bond acceptors (Lipinski definition) is 6. The zero-order chi connectivity index (χ0) is 25.1. The second-order valence-corrected chi connectivity index (χ2v) is 9.74. The van der Waals surface area contributed by atoms with Gasteiger partial charge in [-0.1, -0.05) is 59.7 Å². The van der Waals surface area contributed by atoms with Gasteiger partial charge in [-0.3, -0.25) is 9.36 Å². The largest absolute Gasteiger partial charge is 0.494 e. The molecule has 0 N–H and O–H groups in total. The predicted octanol–water partition coefficient (Wildman–Crippen LogP) is 4.89. The van der Waals surface area contributed by atoms with Gasteiger partial charge in [0.25, 0.3) is 5.56 Å². The fourth-order valence-corrected chi connectivity index (χ4v) is 5.33. The molecule has 0 radical (unpaired) electrons. The molecule has 0 saturated carbocycles. The molecule has 0 bridgehead atoms. The minimum atomic E-state index is -0.687. The number of halogens is 2. The third-order valence-electron chi connectivity index (χ3n) is 5.43. The molecule has 0 aliphatic carbocycles. The van der Waals surface area contributed by atoms with Crippen LogP contribution in [0.4, 0.5) is 0 Å². The molecular weight excluding hydrogens is 507 g/mol. The van der Waals surface area contributed by atoms with Crippen LogP contribution in [0.1, 0.15) is 44.4 Å². The monoisotopic (exact) mass is 530 g/mol. The first-order chi connectivity index (χ1) is 16.8. The highest BCUT2D eigenvalue weighted by molar-refractivity contribution is 7.07. The minimum absolute atomic E-state index is 0.214. The summed E-state index contributed by atoms with van der Waals surface area (Å²) in [6.07, 6.45) is 2.61. The molecule has 182 valence electrons. The number of aromatic nitrogens is 1. The molecule has 6 nitrogen and oxygen atoms in total. The maximum atomic E-state index is 13.6. The van der Waals surface area contributed by atoms with Gasteiger partial charge in [-0.05, 0) is 61.7 Å². The van der Waals surface area contributed by atoms with Crippen molar-refractivity contribution < 1.29 is 14.3 Å². The SMILES string of the molecule is CCCOc1ccc(C2C(C(=O)OCC)=C(C)N=c3sc(=Cc4ccc(Cl)cc4Cl)c(=O)n32)cc1. The Labute approximate surface area is 216 Å². The molecule has 1 aromatic heterocycles. The Morgan fingerprint density at radius 3 is 2.57 bits per heavy atom. The van der Waals surface area contributed by atoms with Crippen molar-refractivity contribution in [3.05, 3.63) is 94.6 Å². The van der Waals surface area contributed by atoms with Crippen LogP contribution >= 0.6 is 34.5 Å². The van der Waals surface area contributed by atoms with Gasteiger partial charge in [-0.15, -0.1) is 0 Å². The van der Waals surface area contributed by atoms with E-state index < -0.39 is 12.0 Å². The summed E-state index contributed by atoms with van der Waals surface area (Å²) in [6, 6.07) is 11.8. The van der Waals surface area contributed by atoms with E-state index in [0.717, 1.165) is 17.7 Å². The van der Waals surface area contributed by atoms with Gasteiger partial charge in [-0.25, -0.2) is 9.79 Å². The van der Waals surface area contributed by atoms with E-state index >= 15 is 0 Å². The Morgan fingerprint density at radius 2 is 1.91 bits per heavy atom. The molecule has 1 atom stereocenters. The van der Waals surface area contributed by atoms with E-state index in [1.807, 2.05) is 31.2 Å². The summed E-state index contributed by atoms with van der Waals surface area (Å²) in [7, 11) is 0. The number of hydrogen-bond donors (Lipinski definition) is 0. The van der Waals surface area contributed by atoms with Crippen LogP contribution in [0, 0.1) is 0 Å². The molecular formula is C26H24Cl2N2O4S. The lowest BCUT2D eigenvalue weighted by molar-refractivity contribution is -0.139. The summed E-state index contributed by atoms with van der Waals surface area (Å²) >= 11 is 13.6. The third kappa shape index (κ3) is 5.22. The van der Waals surface area contributed by atoms with Crippen LogP contribution in [0.25, 0.3) is 6.08 Å². The highest BCUT2D eigenvalue weighted by atomic mass is 35.5. The Balaban J connectivity index is 1.89. The summed E-state index contributed by atoms with van der Waals surface area (Å²) in [5.74, 6) is 0.221. The number of nitrogens with zero attached hydrogens (tertiary/aromatic N) is 2. The smallest absolute Gasteiger partial charge is 0.338 e. The van der Waals surface area contributed by atoms with Crippen LogP contribution in [0.3, 0.4) is 0 Å². The molecule has 0 fully saturated rings. The van der Waals surface area contributed by atoms with Crippen molar-refractivity contribution in [1.82, 2.24) is 4.57 Å². The van der Waals surface area contributed by atoms with E-state index in [1.165, 1.54) is 11.3 Å². The first kappa shape index (κ1) is 25.2. The van der Waals surface area contributed by atoms with E-state index in [4.69, 9.17) is 32.7 Å². The van der Waals surface area contributed by atoms with E-state index in [9.17, 15) is 9.59 Å². The number of fused-ring (bicyclic) bond motifs is 1. The number of rotatable bonds is 7. The maximum Gasteiger partial charge on any atom is 0.338 e. The average Bonchev–Trinajstić information content (AvgIpc) is 3.13. The normalized spacial score (nSPS) is 15.6. The third-order valence-corrected chi connectivity index (χ3v) is 6.98. The second kappa shape index (κ2) is 10.8. The zero-order valence-corrected chi connectivity index (χ0v) is 21.8. The number of allylic oxidation sites excluding steroid dienone is 1. The van der Waals surface area contributed by atoms with Gasteiger partial charge >= 0.3 is 5.97 Å². The van der Waals surface area contributed by atoms with Crippen molar-refractivity contribution in [3.63, 3.8) is 0 Å². The minimum Gasteiger partial charge on any atom is -0.494 e. The van der Waals surface area contributed by atoms with Crippen molar-refractivity contribution in [3.8, 4) is 5.75 Å². The van der Waals surface area contributed by atoms with Gasteiger partial charge in [0.2, 0.25) is 0 Å². The highest BCUT2D eigenvalue weighted by Crippen LogP contribution is 2.31. The second-order valence-electron chi connectivity index (χ2n) is 7.89. The topological polar surface area (TPSA) is 69.9 Å². The molecule has 1 aliphatic heterocycles. The zero-order valence-electron chi connectivity index (χ0n) is 19.5. The van der Waals surface area contributed by atoms with Crippen molar-refractivity contribution >= 4 is 46.6 Å². The van der Waals surface area contributed by atoms with Crippen molar-refractivity contribution in [2.24, 2.45) is 4.99 Å². The number of thiazole rings is 1. The number of carbonyl (C=O) groups is 1. The average molecular weight is 531 g/mol. The Bertz CT molecular complexity index is 1470. The fraction of sp³-hybridized carbons (Fsp3) is 0.269. The molecule has 0 spiro atoms. The van der Waals surface area contributed by atoms with Crippen LogP contribution in [-0.4, -0.2) is 23.8 Å². The molecule has 1 aliphatic rings. The van der Waals surface area contributed by atoms with Gasteiger partial charge in [0, 0.05) is 10.0 Å². The molecule has 2 aromatic carbocycles. The predicted molar refractivity (Wildman–Crippen MR) is 139 cm³/mol. The molecule has 1 unspecified atom stereocenters. The molecule has 9 heteroatoms. The van der Waals surface area contributed by atoms with E-state index in [1.54, 1.807) is 42.7 Å². The van der Waals surface area contributed by atoms with Crippen LogP contribution in [0.15, 0.2) is 63.5 Å². The van der Waals surface area contributed by atoms with Gasteiger partial charge in [-0.2, -0.15) is 0 Å². The Kier molecular flexibility index (Phi) is 7.79. The fourth-order valence-electron chi connectivity index (χ4n) is 3.83. The number of ether oxygens (including phenoxy) is 2. The summed E-state index contributed by atoms with van der Waals surface area (Å²) in [4.78, 5) is 31.7. The summed E-state index contributed by atoms with van der Waals surface area (Å²) < 4.78 is 13.0. The highest BCUT2D eigenvalue weighted by Gasteiger charge is 2.33. The first-order valence-electron chi connectivity index (χ1n) is 11.2. The van der Waals surface area contributed by atoms with Gasteiger partial charge in [0.05, 0.1) is 35.1 Å². The first-order valence-corrected chi connectivity index (χ1v) is 12.8. The van der Waals surface area contributed by atoms with Crippen molar-refractivity contribution in [2.45, 2.75) is 33.2 Å². The van der Waals surface area contributed by atoms with Gasteiger partial charge in [0.1, 0.15) is 5.75 Å². The van der Waals surface area contributed by atoms with Crippen LogP contribution in [0.5, 0.6) is 5.75 Å². The van der Waals surface area contributed by atoms with E-state index in [2.05, 4.69) is 4.99 Å². The molecule has 3 aromatic rings. The summed E-state index contributed by atoms with van der Waals surface area (Å²) in [5, 5.41) is 0.945. The summed E-state index contributed by atoms with van der Waals surface area (Å²) in [6.45, 7) is 6.36. The lowest BCUT2D eigenvalue weighted by Gasteiger charge is -2.24. The van der Waals surface area contributed by atoms with Crippen LogP contribution in [-0.2, 0) is 9.53 Å². The lowest BCUT2D eigenvalue weighted by atomic mass is 9.96. The number of carbonyl (C=O) groups excluding carboxylic acids is 1. The molecule has 4 rings (SSSR count). The molecule has 0 saturated heterocycles. The maximum absolute atomic E-state index is 13.6. The van der Waals surface area contributed by atoms with Gasteiger partial charge in [0.15, 0.2) is 4.80 Å². The molecule has 35 heavy (non-hydrogen) atoms. The summed E-state index contributed by atoms with van der Waals surface area (Å²) in [5.41, 5.74) is 1.99. The molecule has 2 heterocycles. The van der Waals surface area contributed by atoms with E-state index in [-0.39, 0.29) is 12.2 Å². The van der Waals surface area contributed by atoms with Crippen molar-refractivity contribution in [1.29, 1.82) is 0 Å². The van der Waals surface area contributed by atoms with E-state index in [0.29, 0.717) is 42.8 Å². The number of esters is 1. The van der Waals surface area contributed by atoms with Gasteiger partial charge < -0.3 is 9.47 Å². The van der Waals surface area contributed by atoms with Crippen molar-refractivity contribution in [2.75, 3.05) is 13.2 Å². The Morgan fingerprint density at radius 1 is 1.17 bits per heavy atom. The quantitative estimate of drug-likeness (QED) is 0.407. The Hall–Kier alpha value is -2.87. The lowest BCUT2D eigenvalue weighted by Crippen LogP contribution is -2.39. The molecule has 0 amide bonds. The standard InChI is InChI=1S/C26H24Cl2N2O4S/c1-4-12-34-19-10-7-16(8-11-19)23-22(25(32)33-5-2)15(3)29-26-30(23)24(31)21(35-26)13-17-6-9-18(27)14-20(17)28/h6-11,13-14,23H,4-5,12H2,1-3H3. The van der Waals surface area contributed by atoms with Crippen LogP contribution < -0.4 is 19.6 Å². The number of benzene rings is 2.